The lowest BCUT2D eigenvalue weighted by Gasteiger charge is -2.17. The molecule has 4 aromatic rings. The third-order valence-electron chi connectivity index (χ3n) is 6.16. The Morgan fingerprint density at radius 2 is 1.13 bits per heavy atom. The highest BCUT2D eigenvalue weighted by Crippen LogP contribution is 2.37. The standard InChI is InChI=1S/C27H33S.C7H6O3/c1-4-13-22-20-23(14-5-2)27(24(21-22)15-6-3)28(25-16-9-7-10-17-25)26-18-11-8-12-19-26;8-6-4-2-1-3-5(6)7(9)10/h7-12,16-21H,4-6,13-15H2,1-3H3;1-4,8H,(H,9,10)/q+1;/p-1. The molecule has 4 rings (SSSR count). The van der Waals surface area contributed by atoms with Gasteiger partial charge in [0, 0.05) is 11.1 Å². The molecule has 0 fully saturated rings. The Balaban J connectivity index is 0.000000336. The van der Waals surface area contributed by atoms with E-state index in [2.05, 4.69) is 93.6 Å². The van der Waals surface area contributed by atoms with E-state index in [1.165, 1.54) is 65.3 Å². The number of carboxylic acid groups (broad SMARTS) is 1. The van der Waals surface area contributed by atoms with Crippen molar-refractivity contribution in [2.45, 2.75) is 74.0 Å². The molecule has 0 amide bonds. The van der Waals surface area contributed by atoms with Crippen molar-refractivity contribution in [3.05, 3.63) is 119 Å². The molecule has 0 aromatic heterocycles. The summed E-state index contributed by atoms with van der Waals surface area (Å²) in [6.07, 6.45) is 7.08. The van der Waals surface area contributed by atoms with Crippen molar-refractivity contribution in [1.82, 2.24) is 0 Å². The van der Waals surface area contributed by atoms with E-state index in [1.807, 2.05) is 0 Å². The van der Waals surface area contributed by atoms with E-state index in [4.69, 9.17) is 5.11 Å². The van der Waals surface area contributed by atoms with Crippen molar-refractivity contribution >= 4 is 16.9 Å². The monoisotopic (exact) mass is 526 g/mol. The summed E-state index contributed by atoms with van der Waals surface area (Å²) in [7, 11) is -0.0529. The normalized spacial score (nSPS) is 10.6. The Labute approximate surface area is 230 Å². The number of carbonyl (C=O) groups is 1. The summed E-state index contributed by atoms with van der Waals surface area (Å²) in [5.41, 5.74) is 4.46. The highest BCUT2D eigenvalue weighted by Gasteiger charge is 2.33. The van der Waals surface area contributed by atoms with E-state index >= 15 is 0 Å². The fourth-order valence-electron chi connectivity index (χ4n) is 4.56. The van der Waals surface area contributed by atoms with Crippen LogP contribution in [-0.2, 0) is 30.2 Å². The largest absolute Gasteiger partial charge is 0.872 e. The highest BCUT2D eigenvalue weighted by molar-refractivity contribution is 7.97. The van der Waals surface area contributed by atoms with E-state index in [0.29, 0.717) is 0 Å². The Bertz CT molecular complexity index is 1220. The molecule has 0 aliphatic rings. The van der Waals surface area contributed by atoms with Crippen molar-refractivity contribution in [3.63, 3.8) is 0 Å². The summed E-state index contributed by atoms with van der Waals surface area (Å²) >= 11 is 0. The third kappa shape index (κ3) is 7.75. The molecule has 0 spiro atoms. The predicted octanol–water partition coefficient (Wildman–Crippen LogP) is 8.10. The lowest BCUT2D eigenvalue weighted by Crippen LogP contribution is -2.12. The zero-order valence-electron chi connectivity index (χ0n) is 22.7. The molecule has 1 N–H and O–H groups in total. The lowest BCUT2D eigenvalue weighted by molar-refractivity contribution is -0.268. The van der Waals surface area contributed by atoms with E-state index in [-0.39, 0.29) is 16.5 Å². The number of aromatic carboxylic acids is 1. The van der Waals surface area contributed by atoms with Crippen LogP contribution in [0.2, 0.25) is 0 Å². The zero-order valence-corrected chi connectivity index (χ0v) is 23.5. The molecule has 0 unspecified atom stereocenters. The predicted molar refractivity (Wildman–Crippen MR) is 156 cm³/mol. The molecule has 0 aliphatic heterocycles. The van der Waals surface area contributed by atoms with Crippen LogP contribution < -0.4 is 5.11 Å². The Kier molecular flexibility index (Phi) is 11.5. The Morgan fingerprint density at radius 1 is 0.684 bits per heavy atom. The van der Waals surface area contributed by atoms with Crippen molar-refractivity contribution in [2.75, 3.05) is 0 Å². The molecule has 0 heterocycles. The van der Waals surface area contributed by atoms with Gasteiger partial charge >= 0.3 is 5.97 Å². The van der Waals surface area contributed by atoms with Gasteiger partial charge in [-0.1, -0.05) is 113 Å². The molecule has 0 aliphatic carbocycles. The first-order valence-electron chi connectivity index (χ1n) is 13.5. The molecule has 38 heavy (non-hydrogen) atoms. The molecular weight excluding hydrogens is 488 g/mol. The van der Waals surface area contributed by atoms with Gasteiger partial charge in [0.05, 0.1) is 16.5 Å². The first-order chi connectivity index (χ1) is 18.5. The van der Waals surface area contributed by atoms with Gasteiger partial charge in [-0.3, -0.25) is 0 Å². The minimum Gasteiger partial charge on any atom is -0.872 e. The first-order valence-corrected chi connectivity index (χ1v) is 14.7. The summed E-state index contributed by atoms with van der Waals surface area (Å²) in [6.45, 7) is 6.89. The number of aryl methyl sites for hydroxylation is 3. The fraction of sp³-hybridized carbons (Fsp3) is 0.265. The van der Waals surface area contributed by atoms with Gasteiger partial charge in [-0.2, -0.15) is 0 Å². The van der Waals surface area contributed by atoms with Crippen LogP contribution in [0.5, 0.6) is 5.75 Å². The van der Waals surface area contributed by atoms with Gasteiger partial charge in [-0.15, -0.1) is 0 Å². The van der Waals surface area contributed by atoms with Gasteiger partial charge in [0.25, 0.3) is 0 Å². The van der Waals surface area contributed by atoms with Crippen molar-refractivity contribution in [2.24, 2.45) is 0 Å². The molecule has 0 atom stereocenters. The van der Waals surface area contributed by atoms with Gasteiger partial charge < -0.3 is 10.2 Å². The molecule has 198 valence electrons. The van der Waals surface area contributed by atoms with Gasteiger partial charge in [0.15, 0.2) is 14.7 Å². The summed E-state index contributed by atoms with van der Waals surface area (Å²) in [4.78, 5) is 14.7. The van der Waals surface area contributed by atoms with Crippen LogP contribution in [0.3, 0.4) is 0 Å². The second-order valence-electron chi connectivity index (χ2n) is 9.23. The average Bonchev–Trinajstić information content (AvgIpc) is 2.92. The SMILES string of the molecule is CCCc1cc(CCC)c([S+](c2ccccc2)c2ccccc2)c(CCC)c1.O=C(O)c1ccccc1[O-]. The summed E-state index contributed by atoms with van der Waals surface area (Å²) in [5.74, 6) is -1.62. The highest BCUT2D eigenvalue weighted by atomic mass is 32.2. The molecule has 3 nitrogen and oxygen atoms in total. The second-order valence-corrected chi connectivity index (χ2v) is 11.2. The van der Waals surface area contributed by atoms with Gasteiger partial charge in [-0.05, 0) is 55.2 Å². The molecular formula is C34H38O3S. The number of carboxylic acids is 1. The van der Waals surface area contributed by atoms with Crippen LogP contribution >= 0.6 is 0 Å². The van der Waals surface area contributed by atoms with Crippen molar-refractivity contribution in [3.8, 4) is 5.75 Å². The summed E-state index contributed by atoms with van der Waals surface area (Å²) in [6, 6.07) is 32.8. The van der Waals surface area contributed by atoms with E-state index in [1.54, 1.807) is 16.0 Å². The average molecular weight is 527 g/mol. The van der Waals surface area contributed by atoms with Crippen LogP contribution in [-0.4, -0.2) is 11.1 Å². The number of benzene rings is 4. The van der Waals surface area contributed by atoms with Crippen LogP contribution in [0.4, 0.5) is 0 Å². The minimum absolute atomic E-state index is 0.0529. The van der Waals surface area contributed by atoms with E-state index in [0.717, 1.165) is 12.8 Å². The van der Waals surface area contributed by atoms with E-state index in [9.17, 15) is 9.90 Å². The topological polar surface area (TPSA) is 60.4 Å². The first kappa shape index (κ1) is 29.1. The Morgan fingerprint density at radius 3 is 1.53 bits per heavy atom. The third-order valence-corrected chi connectivity index (χ3v) is 8.58. The smallest absolute Gasteiger partial charge is 0.335 e. The number of hydrogen-bond acceptors (Lipinski definition) is 2. The minimum atomic E-state index is -1.18. The maximum Gasteiger partial charge on any atom is 0.335 e. The lowest BCUT2D eigenvalue weighted by atomic mass is 9.97. The maximum absolute atomic E-state index is 10.7. The maximum atomic E-state index is 10.7. The number of para-hydroxylation sites is 1. The van der Waals surface area contributed by atoms with Gasteiger partial charge in [0.1, 0.15) is 0 Å². The number of rotatable bonds is 10. The molecule has 0 radical (unpaired) electrons. The second kappa shape index (κ2) is 15.0. The van der Waals surface area contributed by atoms with Crippen LogP contribution in [0.1, 0.15) is 67.1 Å². The van der Waals surface area contributed by atoms with E-state index < -0.39 is 11.7 Å². The van der Waals surface area contributed by atoms with Crippen molar-refractivity contribution < 1.29 is 15.0 Å². The van der Waals surface area contributed by atoms with Crippen molar-refractivity contribution in [1.29, 1.82) is 0 Å². The fourth-order valence-corrected chi connectivity index (χ4v) is 7.01. The quantitative estimate of drug-likeness (QED) is 0.212. The van der Waals surface area contributed by atoms with Crippen LogP contribution in [0, 0.1) is 0 Å². The van der Waals surface area contributed by atoms with Crippen LogP contribution in [0.25, 0.3) is 0 Å². The zero-order chi connectivity index (χ0) is 27.3. The molecule has 0 saturated carbocycles. The van der Waals surface area contributed by atoms with Crippen LogP contribution in [0.15, 0.2) is 112 Å². The Hall–Kier alpha value is -3.50. The molecule has 4 aromatic carbocycles. The summed E-state index contributed by atoms with van der Waals surface area (Å²) in [5, 5.41) is 19.0. The molecule has 0 bridgehead atoms. The number of hydrogen-bond donors (Lipinski definition) is 1. The molecule has 0 saturated heterocycles. The summed E-state index contributed by atoms with van der Waals surface area (Å²) < 4.78 is 0. The van der Waals surface area contributed by atoms with Gasteiger partial charge in [-0.25, -0.2) is 4.79 Å². The molecule has 4 heteroatoms. The van der Waals surface area contributed by atoms with Gasteiger partial charge in [0.2, 0.25) is 0 Å².